The molecule has 0 saturated carbocycles. The van der Waals surface area contributed by atoms with Crippen LogP contribution in [0.4, 0.5) is 0 Å². The van der Waals surface area contributed by atoms with Crippen molar-refractivity contribution >= 4 is 22.6 Å². The van der Waals surface area contributed by atoms with Crippen molar-refractivity contribution in [3.63, 3.8) is 0 Å². The first-order chi connectivity index (χ1) is 14.6. The Bertz CT molecular complexity index is 1140. The summed E-state index contributed by atoms with van der Waals surface area (Å²) >= 11 is 6.58. The Hall–Kier alpha value is -2.34. The minimum Gasteiger partial charge on any atom is -0.476 e. The van der Waals surface area contributed by atoms with Gasteiger partial charge in [0.1, 0.15) is 18.1 Å². The number of hydrogen-bond donors (Lipinski definition) is 0. The van der Waals surface area contributed by atoms with Crippen molar-refractivity contribution in [2.45, 2.75) is 38.8 Å². The Balaban J connectivity index is 1.55. The average Bonchev–Trinajstić information content (AvgIpc) is 3.26. The van der Waals surface area contributed by atoms with Crippen molar-refractivity contribution in [2.24, 2.45) is 0 Å². The molecule has 1 atom stereocenters. The summed E-state index contributed by atoms with van der Waals surface area (Å²) in [5.74, 6) is 0.617. The number of fused-ring (bicyclic) bond motifs is 3. The first-order valence-corrected chi connectivity index (χ1v) is 10.8. The Morgan fingerprint density at radius 3 is 2.83 bits per heavy atom. The van der Waals surface area contributed by atoms with Crippen LogP contribution in [0.5, 0.6) is 5.75 Å². The molecule has 5 rings (SSSR count). The molecular weight excluding hydrogens is 402 g/mol. The molecule has 5 nitrogen and oxygen atoms in total. The minimum atomic E-state index is -0.301. The summed E-state index contributed by atoms with van der Waals surface area (Å²) in [7, 11) is 0. The highest BCUT2D eigenvalue weighted by molar-refractivity contribution is 6.33. The van der Waals surface area contributed by atoms with Crippen LogP contribution in [0, 0.1) is 6.92 Å². The van der Waals surface area contributed by atoms with E-state index in [1.54, 1.807) is 0 Å². The normalized spacial score (nSPS) is 19.1. The highest BCUT2D eigenvalue weighted by Crippen LogP contribution is 2.40. The van der Waals surface area contributed by atoms with Gasteiger partial charge in [-0.2, -0.15) is 0 Å². The molecule has 0 bridgehead atoms. The lowest BCUT2D eigenvalue weighted by molar-refractivity contribution is 0.0281. The lowest BCUT2D eigenvalue weighted by Crippen LogP contribution is -2.37. The summed E-state index contributed by atoms with van der Waals surface area (Å²) in [6.45, 7) is 4.65. The molecule has 2 aromatic carbocycles. The van der Waals surface area contributed by atoms with Crippen molar-refractivity contribution in [3.8, 4) is 5.75 Å². The number of ether oxygens (including phenoxy) is 2. The molecule has 0 spiro atoms. The fraction of sp³-hybridized carbons (Fsp3) is 0.375. The standard InChI is InChI=1S/C24H24ClNO4/c1-15-18-11-21(25)23-20(13-26(14-29-23)12-17-8-5-9-28-17)22(18)30-24(27)19(15)10-16-6-3-2-4-7-16/h2-4,6-7,11,17H,5,8-10,12-14H2,1H3/t17-/m0/s1. The van der Waals surface area contributed by atoms with Gasteiger partial charge in [0.25, 0.3) is 0 Å². The second-order valence-corrected chi connectivity index (χ2v) is 8.53. The van der Waals surface area contributed by atoms with Gasteiger partial charge in [-0.05, 0) is 37.0 Å². The topological polar surface area (TPSA) is 51.9 Å². The maximum absolute atomic E-state index is 12.9. The smallest absolute Gasteiger partial charge is 0.340 e. The predicted molar refractivity (Wildman–Crippen MR) is 116 cm³/mol. The molecule has 0 unspecified atom stereocenters. The molecular formula is C24H24ClNO4. The second-order valence-electron chi connectivity index (χ2n) is 8.12. The van der Waals surface area contributed by atoms with E-state index in [0.29, 0.717) is 41.6 Å². The number of benzene rings is 2. The van der Waals surface area contributed by atoms with Crippen LogP contribution in [-0.4, -0.2) is 30.9 Å². The summed E-state index contributed by atoms with van der Waals surface area (Å²) in [4.78, 5) is 15.1. The molecule has 0 amide bonds. The van der Waals surface area contributed by atoms with Gasteiger partial charge in [-0.15, -0.1) is 0 Å². The van der Waals surface area contributed by atoms with Crippen LogP contribution in [-0.2, 0) is 17.7 Å². The number of hydrogen-bond acceptors (Lipinski definition) is 5. The van der Waals surface area contributed by atoms with E-state index in [9.17, 15) is 4.79 Å². The van der Waals surface area contributed by atoms with E-state index in [0.717, 1.165) is 48.1 Å². The molecule has 1 fully saturated rings. The predicted octanol–water partition coefficient (Wildman–Crippen LogP) is 4.68. The molecule has 30 heavy (non-hydrogen) atoms. The van der Waals surface area contributed by atoms with E-state index >= 15 is 0 Å². The number of nitrogens with zero attached hydrogens (tertiary/aromatic N) is 1. The van der Waals surface area contributed by atoms with E-state index in [4.69, 9.17) is 25.5 Å². The fourth-order valence-electron chi connectivity index (χ4n) is 4.46. The average molecular weight is 426 g/mol. The lowest BCUT2D eigenvalue weighted by atomic mass is 9.97. The van der Waals surface area contributed by atoms with E-state index in [1.165, 1.54) is 0 Å². The number of halogens is 1. The summed E-state index contributed by atoms with van der Waals surface area (Å²) in [5, 5.41) is 1.42. The van der Waals surface area contributed by atoms with Crippen molar-refractivity contribution in [2.75, 3.05) is 19.9 Å². The molecule has 3 aromatic rings. The molecule has 1 aromatic heterocycles. The summed E-state index contributed by atoms with van der Waals surface area (Å²) < 4.78 is 17.6. The van der Waals surface area contributed by atoms with Gasteiger partial charge in [0, 0.05) is 37.1 Å². The number of aryl methyl sites for hydroxylation is 1. The highest BCUT2D eigenvalue weighted by atomic mass is 35.5. The fourth-order valence-corrected chi connectivity index (χ4v) is 4.73. The third-order valence-electron chi connectivity index (χ3n) is 6.06. The van der Waals surface area contributed by atoms with Gasteiger partial charge in [0.15, 0.2) is 0 Å². The summed E-state index contributed by atoms with van der Waals surface area (Å²) in [5.41, 5.74) is 3.76. The van der Waals surface area contributed by atoms with E-state index in [-0.39, 0.29) is 11.7 Å². The van der Waals surface area contributed by atoms with E-state index < -0.39 is 0 Å². The van der Waals surface area contributed by atoms with Crippen LogP contribution in [0.25, 0.3) is 11.0 Å². The van der Waals surface area contributed by atoms with Crippen molar-refractivity contribution in [1.82, 2.24) is 4.90 Å². The van der Waals surface area contributed by atoms with Gasteiger partial charge in [0.05, 0.1) is 16.7 Å². The van der Waals surface area contributed by atoms with Crippen molar-refractivity contribution in [3.05, 3.63) is 74.1 Å². The van der Waals surface area contributed by atoms with Gasteiger partial charge >= 0.3 is 5.63 Å². The zero-order valence-corrected chi connectivity index (χ0v) is 17.7. The molecule has 0 aliphatic carbocycles. The monoisotopic (exact) mass is 425 g/mol. The van der Waals surface area contributed by atoms with Crippen molar-refractivity contribution in [1.29, 1.82) is 0 Å². The lowest BCUT2D eigenvalue weighted by Gasteiger charge is -2.31. The first-order valence-electron chi connectivity index (χ1n) is 10.4. The minimum absolute atomic E-state index is 0.229. The third kappa shape index (κ3) is 3.62. The van der Waals surface area contributed by atoms with Crippen molar-refractivity contribution < 1.29 is 13.9 Å². The number of rotatable bonds is 4. The van der Waals surface area contributed by atoms with E-state index in [2.05, 4.69) is 4.90 Å². The molecule has 1 saturated heterocycles. The van der Waals surface area contributed by atoms with Crippen LogP contribution in [0.15, 0.2) is 45.6 Å². The van der Waals surface area contributed by atoms with Gasteiger partial charge in [0.2, 0.25) is 0 Å². The molecule has 0 radical (unpaired) electrons. The largest absolute Gasteiger partial charge is 0.476 e. The summed E-state index contributed by atoms with van der Waals surface area (Å²) in [6, 6.07) is 11.8. The molecule has 0 N–H and O–H groups in total. The van der Waals surface area contributed by atoms with Gasteiger partial charge in [-0.1, -0.05) is 41.9 Å². The van der Waals surface area contributed by atoms with Gasteiger partial charge in [-0.3, -0.25) is 4.90 Å². The summed E-state index contributed by atoms with van der Waals surface area (Å²) in [6.07, 6.45) is 2.92. The van der Waals surface area contributed by atoms with Crippen LogP contribution >= 0.6 is 11.6 Å². The quantitative estimate of drug-likeness (QED) is 0.568. The Kier molecular flexibility index (Phi) is 5.27. The zero-order valence-electron chi connectivity index (χ0n) is 16.9. The third-order valence-corrected chi connectivity index (χ3v) is 6.34. The SMILES string of the molecule is Cc1c(Cc2ccccc2)c(=O)oc2c3c(c(Cl)cc12)OCN(C[C@@H]1CCCO1)C3. The van der Waals surface area contributed by atoms with Gasteiger partial charge < -0.3 is 13.9 Å². The maximum Gasteiger partial charge on any atom is 0.340 e. The Labute approximate surface area is 180 Å². The molecule has 2 aliphatic heterocycles. The Morgan fingerprint density at radius 2 is 2.07 bits per heavy atom. The molecule has 2 aliphatic rings. The molecule has 156 valence electrons. The molecule has 6 heteroatoms. The second kappa shape index (κ2) is 8.06. The van der Waals surface area contributed by atoms with Crippen LogP contribution in [0.2, 0.25) is 5.02 Å². The molecule has 3 heterocycles. The van der Waals surface area contributed by atoms with Crippen LogP contribution < -0.4 is 10.4 Å². The zero-order chi connectivity index (χ0) is 20.7. The highest BCUT2D eigenvalue weighted by Gasteiger charge is 2.28. The van der Waals surface area contributed by atoms with E-state index in [1.807, 2.05) is 43.3 Å². The maximum atomic E-state index is 12.9. The Morgan fingerprint density at radius 1 is 1.23 bits per heavy atom. The first kappa shape index (κ1) is 19.6. The van der Waals surface area contributed by atoms with Gasteiger partial charge in [-0.25, -0.2) is 4.79 Å². The van der Waals surface area contributed by atoms with Crippen LogP contribution in [0.3, 0.4) is 0 Å². The van der Waals surface area contributed by atoms with Crippen LogP contribution in [0.1, 0.15) is 35.1 Å².